The number of hydrogen-bond acceptors (Lipinski definition) is 8. The summed E-state index contributed by atoms with van der Waals surface area (Å²) in [6.45, 7) is 1.56. The molecule has 3 aromatic carbocycles. The van der Waals surface area contributed by atoms with Gasteiger partial charge in [-0.2, -0.15) is 0 Å². The lowest BCUT2D eigenvalue weighted by atomic mass is 10.1. The number of methoxy groups -OCH3 is 1. The Hall–Kier alpha value is -3.98. The van der Waals surface area contributed by atoms with Gasteiger partial charge in [-0.1, -0.05) is 12.1 Å². The van der Waals surface area contributed by atoms with E-state index in [0.717, 1.165) is 0 Å². The largest absolute Gasteiger partial charge is 0.496 e. The van der Waals surface area contributed by atoms with Crippen LogP contribution < -0.4 is 19.5 Å². The minimum Gasteiger partial charge on any atom is -0.496 e. The highest BCUT2D eigenvalue weighted by atomic mass is 32.2. The Morgan fingerprint density at radius 3 is 2.60 bits per heavy atom. The Bertz CT molecular complexity index is 1270. The number of nitrogens with one attached hydrogen (secondary N) is 1. The maximum atomic E-state index is 12.8. The molecular formula is C26H23NO7S. The van der Waals surface area contributed by atoms with Crippen LogP contribution in [0.3, 0.4) is 0 Å². The highest BCUT2D eigenvalue weighted by Gasteiger charge is 2.17. The summed E-state index contributed by atoms with van der Waals surface area (Å²) in [5, 5.41) is 2.81. The molecule has 9 heteroatoms. The summed E-state index contributed by atoms with van der Waals surface area (Å²) >= 11 is 1.23. The summed E-state index contributed by atoms with van der Waals surface area (Å²) in [7, 11) is 1.51. The molecule has 0 unspecified atom stereocenters. The number of amides is 1. The molecule has 0 bridgehead atoms. The Labute approximate surface area is 206 Å². The second-order valence-electron chi connectivity index (χ2n) is 7.56. The van der Waals surface area contributed by atoms with E-state index in [1.54, 1.807) is 60.7 Å². The van der Waals surface area contributed by atoms with E-state index in [9.17, 15) is 14.4 Å². The molecule has 0 atom stereocenters. The molecule has 0 saturated heterocycles. The number of carbonyl (C=O) groups is 3. The monoisotopic (exact) mass is 493 g/mol. The number of rotatable bonds is 9. The van der Waals surface area contributed by atoms with Crippen LogP contribution in [0.25, 0.3) is 0 Å². The fourth-order valence-electron chi connectivity index (χ4n) is 3.41. The summed E-state index contributed by atoms with van der Waals surface area (Å²) in [4.78, 5) is 37.6. The van der Waals surface area contributed by atoms with Crippen LogP contribution in [0.4, 0.5) is 5.69 Å². The number of anilines is 1. The first kappa shape index (κ1) is 24.2. The van der Waals surface area contributed by atoms with Crippen molar-refractivity contribution in [3.05, 3.63) is 77.4 Å². The fourth-order valence-corrected chi connectivity index (χ4v) is 4.25. The number of thioether (sulfide) groups is 1. The van der Waals surface area contributed by atoms with Crippen molar-refractivity contribution in [2.45, 2.75) is 18.4 Å². The van der Waals surface area contributed by atoms with Gasteiger partial charge in [0.15, 0.2) is 17.3 Å². The van der Waals surface area contributed by atoms with Crippen LogP contribution in [0, 0.1) is 0 Å². The summed E-state index contributed by atoms with van der Waals surface area (Å²) in [5.74, 6) is 0.950. The maximum Gasteiger partial charge on any atom is 0.339 e. The van der Waals surface area contributed by atoms with Gasteiger partial charge in [0.1, 0.15) is 12.4 Å². The van der Waals surface area contributed by atoms with Crippen molar-refractivity contribution in [2.75, 3.05) is 25.0 Å². The van der Waals surface area contributed by atoms with Crippen molar-refractivity contribution in [2.24, 2.45) is 0 Å². The summed E-state index contributed by atoms with van der Waals surface area (Å²) < 4.78 is 21.4. The van der Waals surface area contributed by atoms with Gasteiger partial charge < -0.3 is 24.3 Å². The molecule has 0 aromatic heterocycles. The first-order valence-electron chi connectivity index (χ1n) is 10.7. The van der Waals surface area contributed by atoms with Crippen LogP contribution in [0.1, 0.15) is 33.2 Å². The van der Waals surface area contributed by atoms with E-state index >= 15 is 0 Å². The number of benzene rings is 3. The molecule has 35 heavy (non-hydrogen) atoms. The van der Waals surface area contributed by atoms with Gasteiger partial charge in [0.05, 0.1) is 18.4 Å². The fraction of sp³-hybridized carbons (Fsp3) is 0.192. The van der Waals surface area contributed by atoms with E-state index in [2.05, 4.69) is 5.32 Å². The highest BCUT2D eigenvalue weighted by Crippen LogP contribution is 2.34. The third-order valence-corrected chi connectivity index (χ3v) is 6.24. The molecule has 0 spiro atoms. The lowest BCUT2D eigenvalue weighted by Gasteiger charge is -2.12. The highest BCUT2D eigenvalue weighted by molar-refractivity contribution is 8.00. The maximum absolute atomic E-state index is 12.8. The van der Waals surface area contributed by atoms with Gasteiger partial charge in [-0.25, -0.2) is 4.79 Å². The number of fused-ring (bicyclic) bond motifs is 1. The van der Waals surface area contributed by atoms with Crippen LogP contribution >= 0.6 is 11.8 Å². The molecule has 1 amide bonds. The van der Waals surface area contributed by atoms with Crippen LogP contribution in [0.15, 0.2) is 65.6 Å². The van der Waals surface area contributed by atoms with E-state index in [1.807, 2.05) is 0 Å². The van der Waals surface area contributed by atoms with E-state index in [1.165, 1.54) is 25.8 Å². The molecule has 0 fully saturated rings. The third kappa shape index (κ3) is 5.93. The molecule has 1 aliphatic rings. The smallest absolute Gasteiger partial charge is 0.339 e. The number of carbonyl (C=O) groups excluding carboxylic acids is 3. The van der Waals surface area contributed by atoms with E-state index in [0.29, 0.717) is 44.5 Å². The van der Waals surface area contributed by atoms with Crippen molar-refractivity contribution in [3.8, 4) is 17.2 Å². The van der Waals surface area contributed by atoms with Crippen molar-refractivity contribution in [3.63, 3.8) is 0 Å². The minimum atomic E-state index is -0.542. The van der Waals surface area contributed by atoms with Gasteiger partial charge in [-0.15, -0.1) is 11.8 Å². The van der Waals surface area contributed by atoms with Crippen LogP contribution in [-0.2, 0) is 16.1 Å². The number of ether oxygens (including phenoxy) is 4. The molecule has 1 aliphatic heterocycles. The van der Waals surface area contributed by atoms with Crippen molar-refractivity contribution in [1.82, 2.24) is 0 Å². The summed E-state index contributed by atoms with van der Waals surface area (Å²) in [6.07, 6.45) is 0. The number of ketones is 1. The summed E-state index contributed by atoms with van der Waals surface area (Å²) in [6, 6.07) is 17.1. The van der Waals surface area contributed by atoms with Crippen LogP contribution in [0.5, 0.6) is 17.2 Å². The number of hydrogen-bond donors (Lipinski definition) is 1. The zero-order valence-electron chi connectivity index (χ0n) is 19.2. The second-order valence-corrected chi connectivity index (χ2v) is 8.58. The Morgan fingerprint density at radius 1 is 1.00 bits per heavy atom. The SMILES string of the molecule is COc1ccc(C(C)=O)cc1COC(=O)c1ccccc1SCC(=O)Nc1ccc2c(c1)OCO2. The predicted octanol–water partition coefficient (Wildman–Crippen LogP) is 4.71. The number of esters is 1. The molecule has 1 heterocycles. The van der Waals surface area contributed by atoms with Gasteiger partial charge in [-0.3, -0.25) is 9.59 Å². The average Bonchev–Trinajstić information content (AvgIpc) is 3.34. The average molecular weight is 494 g/mol. The van der Waals surface area contributed by atoms with E-state index in [-0.39, 0.29) is 30.8 Å². The van der Waals surface area contributed by atoms with Gasteiger partial charge >= 0.3 is 5.97 Å². The lowest BCUT2D eigenvalue weighted by Crippen LogP contribution is -2.14. The Morgan fingerprint density at radius 2 is 1.80 bits per heavy atom. The molecule has 1 N–H and O–H groups in total. The minimum absolute atomic E-state index is 0.0628. The van der Waals surface area contributed by atoms with Gasteiger partial charge in [0.25, 0.3) is 0 Å². The molecule has 0 aliphatic carbocycles. The Kier molecular flexibility index (Phi) is 7.57. The van der Waals surface area contributed by atoms with Crippen LogP contribution in [-0.4, -0.2) is 37.3 Å². The molecule has 0 saturated carbocycles. The predicted molar refractivity (Wildman–Crippen MR) is 130 cm³/mol. The molecule has 3 aromatic rings. The van der Waals surface area contributed by atoms with Gasteiger partial charge in [0, 0.05) is 27.8 Å². The van der Waals surface area contributed by atoms with Crippen LogP contribution in [0.2, 0.25) is 0 Å². The zero-order chi connectivity index (χ0) is 24.8. The van der Waals surface area contributed by atoms with E-state index < -0.39 is 5.97 Å². The van der Waals surface area contributed by atoms with Crippen molar-refractivity contribution < 1.29 is 33.3 Å². The summed E-state index contributed by atoms with van der Waals surface area (Å²) in [5.41, 5.74) is 2.02. The quantitative estimate of drug-likeness (QED) is 0.260. The third-order valence-electron chi connectivity index (χ3n) is 5.17. The normalized spacial score (nSPS) is 11.6. The Balaban J connectivity index is 1.38. The first-order valence-corrected chi connectivity index (χ1v) is 11.7. The molecule has 180 valence electrons. The standard InChI is InChI=1S/C26H23NO7S/c1-16(28)17-7-9-21(31-2)18(11-17)13-32-26(30)20-5-3-4-6-24(20)35-14-25(29)27-19-8-10-22-23(12-19)34-15-33-22/h3-12H,13-15H2,1-2H3,(H,27,29). The number of Topliss-reactive ketones (excluding diaryl/α,β-unsaturated/α-hetero) is 1. The van der Waals surface area contributed by atoms with E-state index in [4.69, 9.17) is 18.9 Å². The lowest BCUT2D eigenvalue weighted by molar-refractivity contribution is -0.113. The molecule has 0 radical (unpaired) electrons. The van der Waals surface area contributed by atoms with Gasteiger partial charge in [-0.05, 0) is 49.4 Å². The molecule has 4 rings (SSSR count). The second kappa shape index (κ2) is 11.0. The molecule has 8 nitrogen and oxygen atoms in total. The van der Waals surface area contributed by atoms with Crippen molar-refractivity contribution >= 4 is 35.1 Å². The molecular weight excluding hydrogens is 470 g/mol. The van der Waals surface area contributed by atoms with Gasteiger partial charge in [0.2, 0.25) is 12.7 Å². The topological polar surface area (TPSA) is 100 Å². The first-order chi connectivity index (χ1) is 16.9. The van der Waals surface area contributed by atoms with Crippen molar-refractivity contribution in [1.29, 1.82) is 0 Å². The zero-order valence-corrected chi connectivity index (χ0v) is 20.0.